The van der Waals surface area contributed by atoms with Gasteiger partial charge in [0.25, 0.3) is 11.6 Å². The van der Waals surface area contributed by atoms with Gasteiger partial charge in [0.05, 0.1) is 4.92 Å². The summed E-state index contributed by atoms with van der Waals surface area (Å²) in [5.74, 6) is -0.600. The van der Waals surface area contributed by atoms with Crippen molar-refractivity contribution in [2.75, 3.05) is 5.32 Å². The number of amides is 3. The maximum absolute atomic E-state index is 11.7. The van der Waals surface area contributed by atoms with E-state index in [1.807, 2.05) is 30.3 Å². The first-order valence-electron chi connectivity index (χ1n) is 6.64. The molecule has 0 aliphatic carbocycles. The van der Waals surface area contributed by atoms with Crippen LogP contribution in [0.4, 0.5) is 16.2 Å². The highest BCUT2D eigenvalue weighted by molar-refractivity contribution is 6.06. The third-order valence-corrected chi connectivity index (χ3v) is 2.78. The molecule has 0 saturated carbocycles. The molecule has 0 unspecified atom stereocenters. The molecule has 2 rings (SSSR count). The van der Waals surface area contributed by atoms with Crippen molar-refractivity contribution in [3.63, 3.8) is 0 Å². The van der Waals surface area contributed by atoms with E-state index in [-0.39, 0.29) is 11.4 Å². The Balaban J connectivity index is 1.92. The quantitative estimate of drug-likeness (QED) is 0.515. The SMILES string of the molecule is O=C(/C=C/c1ccccc1)NC(=O)Nc1cccc([N+](=O)[O-])c1. The molecule has 0 spiro atoms. The largest absolute Gasteiger partial charge is 0.326 e. The molecule has 7 heteroatoms. The highest BCUT2D eigenvalue weighted by atomic mass is 16.6. The van der Waals surface area contributed by atoms with Crippen LogP contribution in [0.25, 0.3) is 6.08 Å². The fourth-order valence-corrected chi connectivity index (χ4v) is 1.75. The first kappa shape index (κ1) is 15.9. The number of imide groups is 1. The lowest BCUT2D eigenvalue weighted by Crippen LogP contribution is -2.33. The van der Waals surface area contributed by atoms with Gasteiger partial charge in [0.15, 0.2) is 0 Å². The zero-order chi connectivity index (χ0) is 16.7. The van der Waals surface area contributed by atoms with Crippen molar-refractivity contribution >= 4 is 29.4 Å². The summed E-state index contributed by atoms with van der Waals surface area (Å²) in [6, 6.07) is 13.8. The molecule has 0 aliphatic rings. The summed E-state index contributed by atoms with van der Waals surface area (Å²) in [7, 11) is 0. The number of carbonyl (C=O) groups is 2. The van der Waals surface area contributed by atoms with Crippen molar-refractivity contribution in [3.8, 4) is 0 Å². The van der Waals surface area contributed by atoms with Gasteiger partial charge in [0.2, 0.25) is 0 Å². The number of nitrogens with one attached hydrogen (secondary N) is 2. The predicted octanol–water partition coefficient (Wildman–Crippen LogP) is 2.96. The molecule has 0 aromatic heterocycles. The Morgan fingerprint density at radius 1 is 1.04 bits per heavy atom. The number of nitro benzene ring substituents is 1. The summed E-state index contributed by atoms with van der Waals surface area (Å²) >= 11 is 0. The number of urea groups is 1. The van der Waals surface area contributed by atoms with Crippen LogP contribution in [0.5, 0.6) is 0 Å². The number of hydrogen-bond donors (Lipinski definition) is 2. The van der Waals surface area contributed by atoms with Gasteiger partial charge in [0, 0.05) is 23.9 Å². The average molecular weight is 311 g/mol. The second-order valence-corrected chi connectivity index (χ2v) is 4.49. The molecule has 0 atom stereocenters. The summed E-state index contributed by atoms with van der Waals surface area (Å²) in [5.41, 5.74) is 0.886. The Morgan fingerprint density at radius 2 is 1.78 bits per heavy atom. The van der Waals surface area contributed by atoms with Crippen LogP contribution in [-0.2, 0) is 4.79 Å². The van der Waals surface area contributed by atoms with Crippen LogP contribution in [0.1, 0.15) is 5.56 Å². The van der Waals surface area contributed by atoms with E-state index in [1.165, 1.54) is 30.3 Å². The number of anilines is 1. The molecule has 0 saturated heterocycles. The van der Waals surface area contributed by atoms with Crippen molar-refractivity contribution < 1.29 is 14.5 Å². The van der Waals surface area contributed by atoms with Gasteiger partial charge in [-0.25, -0.2) is 4.79 Å². The van der Waals surface area contributed by atoms with Crippen LogP contribution in [0.2, 0.25) is 0 Å². The van der Waals surface area contributed by atoms with Crippen molar-refractivity contribution in [1.29, 1.82) is 0 Å². The molecule has 0 fully saturated rings. The van der Waals surface area contributed by atoms with E-state index >= 15 is 0 Å². The van der Waals surface area contributed by atoms with Crippen molar-refractivity contribution in [2.24, 2.45) is 0 Å². The van der Waals surface area contributed by atoms with Gasteiger partial charge in [-0.2, -0.15) is 0 Å². The Bertz CT molecular complexity index is 757. The second kappa shape index (κ2) is 7.51. The zero-order valence-electron chi connectivity index (χ0n) is 11.9. The van der Waals surface area contributed by atoms with Crippen molar-refractivity contribution in [2.45, 2.75) is 0 Å². The molecule has 23 heavy (non-hydrogen) atoms. The zero-order valence-corrected chi connectivity index (χ0v) is 11.9. The van der Waals surface area contributed by atoms with Gasteiger partial charge >= 0.3 is 6.03 Å². The molecule has 2 N–H and O–H groups in total. The molecule has 0 bridgehead atoms. The van der Waals surface area contributed by atoms with E-state index in [0.717, 1.165) is 5.56 Å². The maximum atomic E-state index is 11.7. The molecular formula is C16H13N3O4. The predicted molar refractivity (Wildman–Crippen MR) is 85.7 cm³/mol. The summed E-state index contributed by atoms with van der Waals surface area (Å²) in [4.78, 5) is 33.4. The van der Waals surface area contributed by atoms with Crippen LogP contribution >= 0.6 is 0 Å². The standard InChI is InChI=1S/C16H13N3O4/c20-15(10-9-12-5-2-1-3-6-12)18-16(21)17-13-7-4-8-14(11-13)19(22)23/h1-11H,(H2,17,18,20,21)/b10-9+. The van der Waals surface area contributed by atoms with Crippen molar-refractivity contribution in [1.82, 2.24) is 5.32 Å². The monoisotopic (exact) mass is 311 g/mol. The number of hydrogen-bond acceptors (Lipinski definition) is 4. The minimum Gasteiger partial charge on any atom is -0.307 e. The van der Waals surface area contributed by atoms with E-state index in [4.69, 9.17) is 0 Å². The first-order chi connectivity index (χ1) is 11.0. The third-order valence-electron chi connectivity index (χ3n) is 2.78. The molecule has 3 amide bonds. The molecular weight excluding hydrogens is 298 g/mol. The molecule has 116 valence electrons. The van der Waals surface area contributed by atoms with Crippen LogP contribution in [0.15, 0.2) is 60.7 Å². The van der Waals surface area contributed by atoms with E-state index in [2.05, 4.69) is 10.6 Å². The molecule has 0 aliphatic heterocycles. The lowest BCUT2D eigenvalue weighted by Gasteiger charge is -2.04. The highest BCUT2D eigenvalue weighted by Gasteiger charge is 2.09. The average Bonchev–Trinajstić information content (AvgIpc) is 2.54. The minimum atomic E-state index is -0.770. The van der Waals surface area contributed by atoms with Gasteiger partial charge in [-0.05, 0) is 17.7 Å². The molecule has 7 nitrogen and oxygen atoms in total. The van der Waals surface area contributed by atoms with E-state index in [9.17, 15) is 19.7 Å². The van der Waals surface area contributed by atoms with Gasteiger partial charge in [-0.15, -0.1) is 0 Å². The lowest BCUT2D eigenvalue weighted by atomic mass is 10.2. The van der Waals surface area contributed by atoms with E-state index < -0.39 is 16.9 Å². The number of benzene rings is 2. The molecule has 0 radical (unpaired) electrons. The van der Waals surface area contributed by atoms with E-state index in [0.29, 0.717) is 0 Å². The first-order valence-corrected chi connectivity index (χ1v) is 6.64. The fourth-order valence-electron chi connectivity index (χ4n) is 1.75. The van der Waals surface area contributed by atoms with Gasteiger partial charge in [-0.1, -0.05) is 36.4 Å². The fraction of sp³-hybridized carbons (Fsp3) is 0. The van der Waals surface area contributed by atoms with E-state index in [1.54, 1.807) is 6.08 Å². The number of nitrogens with zero attached hydrogens (tertiary/aromatic N) is 1. The van der Waals surface area contributed by atoms with Gasteiger partial charge in [0.1, 0.15) is 0 Å². The smallest absolute Gasteiger partial charge is 0.307 e. The topological polar surface area (TPSA) is 101 Å². The second-order valence-electron chi connectivity index (χ2n) is 4.49. The number of non-ortho nitro benzene ring substituents is 1. The van der Waals surface area contributed by atoms with Gasteiger partial charge < -0.3 is 5.32 Å². The van der Waals surface area contributed by atoms with Crippen molar-refractivity contribution in [3.05, 3.63) is 76.4 Å². The molecule has 2 aromatic carbocycles. The summed E-state index contributed by atoms with van der Waals surface area (Å²) in [6.45, 7) is 0. The summed E-state index contributed by atoms with van der Waals surface area (Å²) in [5, 5.41) is 15.1. The minimum absolute atomic E-state index is 0.155. The summed E-state index contributed by atoms with van der Waals surface area (Å²) in [6.07, 6.45) is 2.79. The summed E-state index contributed by atoms with van der Waals surface area (Å²) < 4.78 is 0. The third kappa shape index (κ3) is 5.09. The normalized spacial score (nSPS) is 10.3. The van der Waals surface area contributed by atoms with Crippen LogP contribution < -0.4 is 10.6 Å². The van der Waals surface area contributed by atoms with Gasteiger partial charge in [-0.3, -0.25) is 20.2 Å². The number of carbonyl (C=O) groups excluding carboxylic acids is 2. The molecule has 2 aromatic rings. The van der Waals surface area contributed by atoms with Crippen LogP contribution in [0, 0.1) is 10.1 Å². The Hall–Kier alpha value is -3.48. The molecule has 0 heterocycles. The maximum Gasteiger partial charge on any atom is 0.326 e. The Labute approximate surface area is 131 Å². The Kier molecular flexibility index (Phi) is 5.19. The van der Waals surface area contributed by atoms with Crippen LogP contribution in [0.3, 0.4) is 0 Å². The lowest BCUT2D eigenvalue weighted by molar-refractivity contribution is -0.384. The highest BCUT2D eigenvalue weighted by Crippen LogP contribution is 2.16. The number of nitro groups is 1. The Morgan fingerprint density at radius 3 is 2.48 bits per heavy atom. The number of rotatable bonds is 4. The van der Waals surface area contributed by atoms with Crippen LogP contribution in [-0.4, -0.2) is 16.9 Å².